The highest BCUT2D eigenvalue weighted by atomic mass is 127. The van der Waals surface area contributed by atoms with Gasteiger partial charge in [-0.2, -0.15) is 0 Å². The van der Waals surface area contributed by atoms with E-state index in [-0.39, 0.29) is 0 Å². The van der Waals surface area contributed by atoms with E-state index in [1.165, 1.54) is 6.21 Å². The van der Waals surface area contributed by atoms with Crippen molar-refractivity contribution in [3.63, 3.8) is 0 Å². The van der Waals surface area contributed by atoms with Crippen molar-refractivity contribution in [1.82, 2.24) is 0 Å². The third-order valence-electron chi connectivity index (χ3n) is 2.60. The number of hydrogen-bond donors (Lipinski definition) is 2. The largest absolute Gasteiger partial charge is 0.481 e. The van der Waals surface area contributed by atoms with E-state index >= 15 is 0 Å². The van der Waals surface area contributed by atoms with Crippen molar-refractivity contribution in [1.29, 1.82) is 0 Å². The number of carboxylic acid groups (broad SMARTS) is 1. The number of aryl methyl sites for hydroxylation is 1. The lowest BCUT2D eigenvalue weighted by Gasteiger charge is -2.23. The minimum atomic E-state index is -1.06. The summed E-state index contributed by atoms with van der Waals surface area (Å²) < 4.78 is 0.967. The van der Waals surface area contributed by atoms with Crippen LogP contribution in [-0.2, 0) is 4.79 Å². The molecule has 0 spiro atoms. The lowest BCUT2D eigenvalue weighted by molar-refractivity contribution is -0.142. The Morgan fingerprint density at radius 3 is 2.81 bits per heavy atom. The molecule has 84 valence electrons. The van der Waals surface area contributed by atoms with Gasteiger partial charge < -0.3 is 10.2 Å². The molecule has 5 heteroatoms. The van der Waals surface area contributed by atoms with E-state index in [4.69, 9.17) is 5.11 Å². The predicted octanol–water partition coefficient (Wildman–Crippen LogP) is 2.05. The van der Waals surface area contributed by atoms with Crippen LogP contribution in [0.2, 0.25) is 0 Å². The summed E-state index contributed by atoms with van der Waals surface area (Å²) in [5, 5.41) is 18.9. The second kappa shape index (κ2) is 4.14. The quantitative estimate of drug-likeness (QED) is 0.774. The number of carbonyl (C=O) groups is 1. The van der Waals surface area contributed by atoms with Crippen LogP contribution in [0.4, 0.5) is 5.69 Å². The van der Waals surface area contributed by atoms with Crippen LogP contribution in [0.15, 0.2) is 17.1 Å². The van der Waals surface area contributed by atoms with Gasteiger partial charge in [-0.05, 0) is 47.2 Å². The fraction of sp³-hybridized carbons (Fsp3) is 0.273. The van der Waals surface area contributed by atoms with Crippen molar-refractivity contribution >= 4 is 40.5 Å². The minimum Gasteiger partial charge on any atom is -0.481 e. The molecular weight excluding hydrogens is 321 g/mol. The Labute approximate surface area is 106 Å². The number of aliphatic carboxylic acids is 1. The molecular formula is C11H10INO3. The van der Waals surface area contributed by atoms with Crippen molar-refractivity contribution in [2.45, 2.75) is 13.0 Å². The molecule has 1 aromatic rings. The molecule has 0 fully saturated rings. The highest BCUT2D eigenvalue weighted by Gasteiger charge is 2.31. The molecule has 16 heavy (non-hydrogen) atoms. The van der Waals surface area contributed by atoms with Crippen LogP contribution in [0.5, 0.6) is 0 Å². The maximum absolute atomic E-state index is 10.9. The van der Waals surface area contributed by atoms with Gasteiger partial charge in [0, 0.05) is 15.3 Å². The van der Waals surface area contributed by atoms with Crippen molar-refractivity contribution < 1.29 is 15.0 Å². The molecule has 0 saturated carbocycles. The number of carboxylic acids is 1. The van der Waals surface area contributed by atoms with Crippen LogP contribution in [0.1, 0.15) is 17.2 Å². The molecule has 0 aliphatic carbocycles. The van der Waals surface area contributed by atoms with Crippen molar-refractivity contribution in [2.75, 3.05) is 0 Å². The molecule has 0 bridgehead atoms. The maximum Gasteiger partial charge on any atom is 0.314 e. The molecule has 2 atom stereocenters. The number of rotatable bonds is 1. The van der Waals surface area contributed by atoms with E-state index in [0.717, 1.165) is 9.13 Å². The molecule has 0 saturated heterocycles. The van der Waals surface area contributed by atoms with E-state index in [0.29, 0.717) is 11.3 Å². The number of nitrogens with zero attached hydrogens (tertiary/aromatic N) is 1. The number of aliphatic hydroxyl groups excluding tert-OH is 1. The van der Waals surface area contributed by atoms with E-state index in [2.05, 4.69) is 27.6 Å². The van der Waals surface area contributed by atoms with Gasteiger partial charge >= 0.3 is 5.97 Å². The predicted molar refractivity (Wildman–Crippen MR) is 68.1 cm³/mol. The zero-order valence-electron chi connectivity index (χ0n) is 8.51. The molecule has 1 heterocycles. The van der Waals surface area contributed by atoms with Gasteiger partial charge in [0.2, 0.25) is 0 Å². The van der Waals surface area contributed by atoms with E-state index in [9.17, 15) is 9.90 Å². The Kier molecular flexibility index (Phi) is 2.98. The summed E-state index contributed by atoms with van der Waals surface area (Å²) >= 11 is 2.14. The molecule has 0 amide bonds. The smallest absolute Gasteiger partial charge is 0.314 e. The Hall–Kier alpha value is -0.950. The number of fused-ring (bicyclic) bond motifs is 1. The summed E-state index contributed by atoms with van der Waals surface area (Å²) in [6.07, 6.45) is 0.285. The summed E-state index contributed by atoms with van der Waals surface area (Å²) in [5.74, 6) is -2.01. The minimum absolute atomic E-state index is 0.597. The van der Waals surface area contributed by atoms with Crippen LogP contribution < -0.4 is 0 Å². The SMILES string of the molecule is Cc1cc(I)cc2c1N=CC(C(=O)O)C2O. The Bertz CT molecular complexity index is 484. The third kappa shape index (κ3) is 1.84. The molecule has 4 nitrogen and oxygen atoms in total. The Balaban J connectivity index is 2.55. The summed E-state index contributed by atoms with van der Waals surface area (Å²) in [4.78, 5) is 15.0. The van der Waals surface area contributed by atoms with Gasteiger partial charge in [0.15, 0.2) is 0 Å². The zero-order chi connectivity index (χ0) is 11.9. The summed E-state index contributed by atoms with van der Waals surface area (Å²) in [5.41, 5.74) is 2.23. The normalized spacial score (nSPS) is 22.9. The third-order valence-corrected chi connectivity index (χ3v) is 3.23. The Morgan fingerprint density at radius 2 is 2.19 bits per heavy atom. The van der Waals surface area contributed by atoms with Crippen LogP contribution >= 0.6 is 22.6 Å². The van der Waals surface area contributed by atoms with Gasteiger partial charge in [-0.15, -0.1) is 0 Å². The molecule has 2 N–H and O–H groups in total. The first-order chi connectivity index (χ1) is 7.50. The monoisotopic (exact) mass is 331 g/mol. The van der Waals surface area contributed by atoms with Gasteiger partial charge in [-0.1, -0.05) is 0 Å². The van der Waals surface area contributed by atoms with Gasteiger partial charge in [-0.25, -0.2) is 0 Å². The lowest BCUT2D eigenvalue weighted by Crippen LogP contribution is -2.25. The Morgan fingerprint density at radius 1 is 1.50 bits per heavy atom. The van der Waals surface area contributed by atoms with E-state index in [1.54, 1.807) is 6.07 Å². The first-order valence-corrected chi connectivity index (χ1v) is 5.83. The van der Waals surface area contributed by atoms with Crippen LogP contribution in [-0.4, -0.2) is 22.4 Å². The van der Waals surface area contributed by atoms with Gasteiger partial charge in [0.05, 0.1) is 11.8 Å². The summed E-state index contributed by atoms with van der Waals surface area (Å²) in [6, 6.07) is 3.73. The molecule has 1 aliphatic heterocycles. The molecule has 2 rings (SSSR count). The number of hydrogen-bond acceptors (Lipinski definition) is 3. The first-order valence-electron chi connectivity index (χ1n) is 4.76. The van der Waals surface area contributed by atoms with Crippen LogP contribution in [0.25, 0.3) is 0 Å². The molecule has 1 aromatic carbocycles. The standard InChI is InChI=1S/C11H10INO3/c1-5-2-6(12)3-7-9(5)13-4-8(10(7)14)11(15)16/h2-4,8,10,14H,1H3,(H,15,16). The van der Waals surface area contributed by atoms with Crippen molar-refractivity contribution in [2.24, 2.45) is 10.9 Å². The second-order valence-corrected chi connectivity index (χ2v) is 4.99. The number of aliphatic hydroxyl groups is 1. The summed E-state index contributed by atoms with van der Waals surface area (Å²) in [6.45, 7) is 1.89. The number of benzene rings is 1. The first kappa shape index (κ1) is 11.5. The molecule has 2 unspecified atom stereocenters. The van der Waals surface area contributed by atoms with E-state index < -0.39 is 18.0 Å². The lowest BCUT2D eigenvalue weighted by atomic mass is 9.91. The average molecular weight is 331 g/mol. The number of halogens is 1. The van der Waals surface area contributed by atoms with Crippen molar-refractivity contribution in [3.8, 4) is 0 Å². The van der Waals surface area contributed by atoms with Crippen LogP contribution in [0.3, 0.4) is 0 Å². The topological polar surface area (TPSA) is 69.9 Å². The van der Waals surface area contributed by atoms with Gasteiger partial charge in [-0.3, -0.25) is 9.79 Å². The molecule has 1 aliphatic rings. The van der Waals surface area contributed by atoms with Crippen molar-refractivity contribution in [3.05, 3.63) is 26.8 Å². The second-order valence-electron chi connectivity index (χ2n) is 3.75. The van der Waals surface area contributed by atoms with E-state index in [1.807, 2.05) is 13.0 Å². The molecule has 0 radical (unpaired) electrons. The fourth-order valence-corrected chi connectivity index (χ4v) is 2.59. The van der Waals surface area contributed by atoms with Crippen LogP contribution in [0, 0.1) is 16.4 Å². The molecule has 0 aromatic heterocycles. The maximum atomic E-state index is 10.9. The number of aliphatic imine (C=N–C) groups is 1. The zero-order valence-corrected chi connectivity index (χ0v) is 10.7. The average Bonchev–Trinajstić information content (AvgIpc) is 2.19. The van der Waals surface area contributed by atoms with Gasteiger partial charge in [0.25, 0.3) is 0 Å². The highest BCUT2D eigenvalue weighted by molar-refractivity contribution is 14.1. The fourth-order valence-electron chi connectivity index (χ4n) is 1.79. The van der Waals surface area contributed by atoms with Gasteiger partial charge in [0.1, 0.15) is 5.92 Å². The highest BCUT2D eigenvalue weighted by Crippen LogP contribution is 2.37. The summed E-state index contributed by atoms with van der Waals surface area (Å²) in [7, 11) is 0.